The van der Waals surface area contributed by atoms with Gasteiger partial charge in [0.1, 0.15) is 0 Å². The predicted octanol–water partition coefficient (Wildman–Crippen LogP) is 2.27. The van der Waals surface area contributed by atoms with Crippen molar-refractivity contribution in [1.29, 1.82) is 0 Å². The molecule has 0 saturated carbocycles. The van der Waals surface area contributed by atoms with Crippen LogP contribution < -0.4 is 10.5 Å². The van der Waals surface area contributed by atoms with Crippen molar-refractivity contribution < 1.29 is 8.42 Å². The zero-order valence-electron chi connectivity index (χ0n) is 10.6. The zero-order valence-corrected chi connectivity index (χ0v) is 12.2. The SMILES string of the molecule is CCCC(C)NS(=O)(=O)c1ccc(Cl)c(CN)c1. The number of rotatable bonds is 6. The van der Waals surface area contributed by atoms with E-state index in [1.54, 1.807) is 6.07 Å². The Labute approximate surface area is 114 Å². The largest absolute Gasteiger partial charge is 0.326 e. The molecule has 102 valence electrons. The van der Waals surface area contributed by atoms with Crippen molar-refractivity contribution in [2.45, 2.75) is 44.2 Å². The van der Waals surface area contributed by atoms with Gasteiger partial charge in [-0.05, 0) is 37.1 Å². The van der Waals surface area contributed by atoms with Crippen LogP contribution in [0.1, 0.15) is 32.3 Å². The molecule has 1 aromatic rings. The molecule has 0 aromatic heterocycles. The van der Waals surface area contributed by atoms with E-state index in [2.05, 4.69) is 4.72 Å². The van der Waals surface area contributed by atoms with Crippen molar-refractivity contribution in [2.75, 3.05) is 0 Å². The van der Waals surface area contributed by atoms with Crippen LogP contribution in [0.4, 0.5) is 0 Å². The highest BCUT2D eigenvalue weighted by Crippen LogP contribution is 2.20. The average Bonchev–Trinajstić information content (AvgIpc) is 2.28. The first-order valence-corrected chi connectivity index (χ1v) is 7.77. The van der Waals surface area contributed by atoms with Gasteiger partial charge in [0.05, 0.1) is 4.90 Å². The molecule has 0 amide bonds. The third-order valence-electron chi connectivity index (χ3n) is 2.63. The first kappa shape index (κ1) is 15.4. The highest BCUT2D eigenvalue weighted by atomic mass is 35.5. The summed E-state index contributed by atoms with van der Waals surface area (Å²) in [6.07, 6.45) is 1.73. The summed E-state index contributed by atoms with van der Waals surface area (Å²) in [5.41, 5.74) is 6.14. The molecular weight excluding hydrogens is 272 g/mol. The minimum atomic E-state index is -3.50. The van der Waals surface area contributed by atoms with E-state index in [1.807, 2.05) is 13.8 Å². The van der Waals surface area contributed by atoms with Crippen molar-refractivity contribution in [2.24, 2.45) is 5.73 Å². The molecule has 0 fully saturated rings. The fourth-order valence-electron chi connectivity index (χ4n) is 1.70. The molecule has 0 heterocycles. The summed E-state index contributed by atoms with van der Waals surface area (Å²) < 4.78 is 26.8. The smallest absolute Gasteiger partial charge is 0.240 e. The Bertz CT molecular complexity index is 503. The van der Waals surface area contributed by atoms with Crippen molar-refractivity contribution in [3.63, 3.8) is 0 Å². The average molecular weight is 291 g/mol. The van der Waals surface area contributed by atoms with Crippen molar-refractivity contribution in [3.05, 3.63) is 28.8 Å². The van der Waals surface area contributed by atoms with Crippen LogP contribution >= 0.6 is 11.6 Å². The van der Waals surface area contributed by atoms with Gasteiger partial charge < -0.3 is 5.73 Å². The molecule has 1 aromatic carbocycles. The summed E-state index contributed by atoms with van der Waals surface area (Å²) in [5, 5.41) is 0.484. The molecule has 4 nitrogen and oxygen atoms in total. The molecule has 0 spiro atoms. The molecule has 0 radical (unpaired) electrons. The summed E-state index contributed by atoms with van der Waals surface area (Å²) in [6, 6.07) is 4.48. The standard InChI is InChI=1S/C12H19ClN2O2S/c1-3-4-9(2)15-18(16,17)11-5-6-12(13)10(7-11)8-14/h5-7,9,15H,3-4,8,14H2,1-2H3. The molecule has 18 heavy (non-hydrogen) atoms. The van der Waals surface area contributed by atoms with Crippen LogP contribution in [-0.2, 0) is 16.6 Å². The summed E-state index contributed by atoms with van der Waals surface area (Å²) in [7, 11) is -3.50. The monoisotopic (exact) mass is 290 g/mol. The summed E-state index contributed by atoms with van der Waals surface area (Å²) in [5.74, 6) is 0. The number of hydrogen-bond acceptors (Lipinski definition) is 3. The first-order valence-electron chi connectivity index (χ1n) is 5.91. The van der Waals surface area contributed by atoms with Gasteiger partial charge in [-0.25, -0.2) is 13.1 Å². The van der Waals surface area contributed by atoms with E-state index in [0.717, 1.165) is 12.8 Å². The molecule has 3 N–H and O–H groups in total. The van der Waals surface area contributed by atoms with Crippen molar-refractivity contribution >= 4 is 21.6 Å². The van der Waals surface area contributed by atoms with E-state index in [4.69, 9.17) is 17.3 Å². The molecule has 0 aliphatic heterocycles. The molecule has 1 atom stereocenters. The number of benzene rings is 1. The lowest BCUT2D eigenvalue weighted by Gasteiger charge is -2.14. The lowest BCUT2D eigenvalue weighted by Crippen LogP contribution is -2.32. The highest BCUT2D eigenvalue weighted by Gasteiger charge is 2.17. The van der Waals surface area contributed by atoms with Gasteiger partial charge in [0.2, 0.25) is 10.0 Å². The minimum Gasteiger partial charge on any atom is -0.326 e. The van der Waals surface area contributed by atoms with Crippen LogP contribution in [0.25, 0.3) is 0 Å². The van der Waals surface area contributed by atoms with Gasteiger partial charge in [-0.1, -0.05) is 24.9 Å². The Balaban J connectivity index is 2.98. The van der Waals surface area contributed by atoms with Crippen LogP contribution in [-0.4, -0.2) is 14.5 Å². The first-order chi connectivity index (χ1) is 8.40. The number of hydrogen-bond donors (Lipinski definition) is 2. The maximum absolute atomic E-state index is 12.1. The topological polar surface area (TPSA) is 72.2 Å². The van der Waals surface area contributed by atoms with E-state index >= 15 is 0 Å². The third-order valence-corrected chi connectivity index (χ3v) is 4.58. The Morgan fingerprint density at radius 2 is 2.11 bits per heavy atom. The van der Waals surface area contributed by atoms with Crippen LogP contribution in [0.15, 0.2) is 23.1 Å². The second kappa shape index (κ2) is 6.52. The van der Waals surface area contributed by atoms with Gasteiger partial charge in [0.25, 0.3) is 0 Å². The highest BCUT2D eigenvalue weighted by molar-refractivity contribution is 7.89. The van der Waals surface area contributed by atoms with Gasteiger partial charge in [-0.15, -0.1) is 0 Å². The van der Waals surface area contributed by atoms with E-state index in [0.29, 0.717) is 10.6 Å². The second-order valence-corrected chi connectivity index (χ2v) is 6.39. The molecule has 0 aliphatic carbocycles. The number of halogens is 1. The molecule has 0 aliphatic rings. The third kappa shape index (κ3) is 3.95. The van der Waals surface area contributed by atoms with Gasteiger partial charge in [-0.3, -0.25) is 0 Å². The molecular formula is C12H19ClN2O2S. The Hall–Kier alpha value is -0.620. The van der Waals surface area contributed by atoms with E-state index in [1.165, 1.54) is 12.1 Å². The normalized spacial score (nSPS) is 13.6. The maximum atomic E-state index is 12.1. The minimum absolute atomic E-state index is 0.0861. The molecule has 1 unspecified atom stereocenters. The van der Waals surface area contributed by atoms with Crippen molar-refractivity contribution in [1.82, 2.24) is 4.72 Å². The number of nitrogens with one attached hydrogen (secondary N) is 1. The zero-order chi connectivity index (χ0) is 13.8. The lowest BCUT2D eigenvalue weighted by atomic mass is 10.2. The maximum Gasteiger partial charge on any atom is 0.240 e. The van der Waals surface area contributed by atoms with Crippen LogP contribution in [0, 0.1) is 0 Å². The van der Waals surface area contributed by atoms with Crippen LogP contribution in [0.5, 0.6) is 0 Å². The van der Waals surface area contributed by atoms with Gasteiger partial charge in [0.15, 0.2) is 0 Å². The lowest BCUT2D eigenvalue weighted by molar-refractivity contribution is 0.544. The van der Waals surface area contributed by atoms with Gasteiger partial charge in [0, 0.05) is 17.6 Å². The molecule has 6 heteroatoms. The van der Waals surface area contributed by atoms with Crippen molar-refractivity contribution in [3.8, 4) is 0 Å². The molecule has 0 saturated heterocycles. The Morgan fingerprint density at radius 1 is 1.44 bits per heavy atom. The molecule has 1 rings (SSSR count). The van der Waals surface area contributed by atoms with Crippen LogP contribution in [0.2, 0.25) is 5.02 Å². The van der Waals surface area contributed by atoms with Gasteiger partial charge in [-0.2, -0.15) is 0 Å². The predicted molar refractivity (Wildman–Crippen MR) is 74.0 cm³/mol. The second-order valence-electron chi connectivity index (χ2n) is 4.27. The summed E-state index contributed by atoms with van der Waals surface area (Å²) >= 11 is 5.91. The Kier molecular flexibility index (Phi) is 5.59. The number of nitrogens with two attached hydrogens (primary N) is 1. The molecule has 0 bridgehead atoms. The summed E-state index contributed by atoms with van der Waals surface area (Å²) in [6.45, 7) is 4.08. The Morgan fingerprint density at radius 3 is 2.67 bits per heavy atom. The van der Waals surface area contributed by atoms with E-state index < -0.39 is 10.0 Å². The summed E-state index contributed by atoms with van der Waals surface area (Å²) in [4.78, 5) is 0.204. The van der Waals surface area contributed by atoms with E-state index in [9.17, 15) is 8.42 Å². The fraction of sp³-hybridized carbons (Fsp3) is 0.500. The van der Waals surface area contributed by atoms with Crippen LogP contribution in [0.3, 0.4) is 0 Å². The fourth-order valence-corrected chi connectivity index (χ4v) is 3.22. The quantitative estimate of drug-likeness (QED) is 0.844. The van der Waals surface area contributed by atoms with Gasteiger partial charge >= 0.3 is 0 Å². The number of sulfonamides is 1. The van der Waals surface area contributed by atoms with E-state index in [-0.39, 0.29) is 17.5 Å².